The van der Waals surface area contributed by atoms with Crippen LogP contribution in [0, 0.1) is 5.82 Å². The number of ether oxygens (including phenoxy) is 2. The lowest BCUT2D eigenvalue weighted by atomic mass is 10.3. The van der Waals surface area contributed by atoms with Crippen LogP contribution in [-0.4, -0.2) is 23.6 Å². The molecular weight excluding hydrogens is 297 g/mol. The molecule has 1 aromatic carbocycles. The van der Waals surface area contributed by atoms with Crippen LogP contribution in [0.25, 0.3) is 0 Å². The van der Waals surface area contributed by atoms with Crippen molar-refractivity contribution in [1.29, 1.82) is 0 Å². The number of nitrogens with one attached hydrogen (secondary N) is 1. The third kappa shape index (κ3) is 4.27. The monoisotopic (exact) mass is 311 g/mol. The van der Waals surface area contributed by atoms with Crippen LogP contribution >= 0.6 is 11.6 Å². The lowest BCUT2D eigenvalue weighted by Crippen LogP contribution is -2.05. The number of anilines is 1. The summed E-state index contributed by atoms with van der Waals surface area (Å²) in [6, 6.07) is 5.54. The number of aromatic nitrogens is 2. The van der Waals surface area contributed by atoms with Crippen LogP contribution in [0.2, 0.25) is 5.02 Å². The zero-order chi connectivity index (χ0) is 15.2. The number of halogens is 2. The molecule has 0 aliphatic heterocycles. The van der Waals surface area contributed by atoms with E-state index >= 15 is 0 Å². The lowest BCUT2D eigenvalue weighted by molar-refractivity contribution is 0.177. The van der Waals surface area contributed by atoms with Crippen LogP contribution < -0.4 is 10.1 Å². The Balaban J connectivity index is 2.29. The van der Waals surface area contributed by atoms with Crippen molar-refractivity contribution in [3.63, 3.8) is 0 Å². The quantitative estimate of drug-likeness (QED) is 0.882. The fraction of sp³-hybridized carbons (Fsp3) is 0.286. The van der Waals surface area contributed by atoms with Gasteiger partial charge in [-0.15, -0.1) is 0 Å². The first-order chi connectivity index (χ1) is 10.1. The van der Waals surface area contributed by atoms with Gasteiger partial charge in [0.25, 0.3) is 0 Å². The molecule has 0 spiro atoms. The number of hydrogen-bond donors (Lipinski definition) is 1. The fourth-order valence-electron chi connectivity index (χ4n) is 1.66. The molecule has 1 aromatic heterocycles. The molecule has 112 valence electrons. The zero-order valence-corrected chi connectivity index (χ0v) is 12.4. The third-order valence-corrected chi connectivity index (χ3v) is 2.78. The maximum atomic E-state index is 13.0. The van der Waals surface area contributed by atoms with E-state index in [0.717, 1.165) is 0 Å². The minimum absolute atomic E-state index is 0.173. The van der Waals surface area contributed by atoms with Gasteiger partial charge in [0.15, 0.2) is 5.82 Å². The van der Waals surface area contributed by atoms with Gasteiger partial charge in [-0.3, -0.25) is 0 Å². The molecule has 0 fully saturated rings. The molecule has 0 atom stereocenters. The first-order valence-corrected chi connectivity index (χ1v) is 6.74. The molecule has 0 amide bonds. The predicted octanol–water partition coefficient (Wildman–Crippen LogP) is 3.64. The van der Waals surface area contributed by atoms with Gasteiger partial charge in [-0.25, -0.2) is 9.37 Å². The molecule has 1 N–H and O–H groups in total. The molecule has 0 saturated heterocycles. The Kier molecular flexibility index (Phi) is 5.30. The number of benzene rings is 1. The molecule has 21 heavy (non-hydrogen) atoms. The highest BCUT2D eigenvalue weighted by atomic mass is 35.5. The molecule has 2 rings (SSSR count). The second-order valence-electron chi connectivity index (χ2n) is 4.15. The Morgan fingerprint density at radius 3 is 2.76 bits per heavy atom. The highest BCUT2D eigenvalue weighted by Crippen LogP contribution is 2.29. The topological polar surface area (TPSA) is 56.3 Å². The molecule has 0 bridgehead atoms. The summed E-state index contributed by atoms with van der Waals surface area (Å²) in [4.78, 5) is 8.48. The molecule has 7 heteroatoms. The molecular formula is C14H15ClFN3O2. The summed E-state index contributed by atoms with van der Waals surface area (Å²) in [7, 11) is 1.56. The average Bonchev–Trinajstić information content (AvgIpc) is 2.42. The van der Waals surface area contributed by atoms with Crippen molar-refractivity contribution in [1.82, 2.24) is 9.97 Å². The van der Waals surface area contributed by atoms with Gasteiger partial charge < -0.3 is 14.8 Å². The molecule has 2 aromatic rings. The highest BCUT2D eigenvalue weighted by Gasteiger charge is 2.09. The Bertz CT molecular complexity index is 601. The van der Waals surface area contributed by atoms with Crippen molar-refractivity contribution in [2.24, 2.45) is 0 Å². The number of nitrogens with zero attached hydrogens (tertiary/aromatic N) is 2. The maximum absolute atomic E-state index is 13.0. The first-order valence-electron chi connectivity index (χ1n) is 6.36. The van der Waals surface area contributed by atoms with Gasteiger partial charge in [0.05, 0.1) is 5.02 Å². The van der Waals surface area contributed by atoms with Crippen molar-refractivity contribution < 1.29 is 13.9 Å². The summed E-state index contributed by atoms with van der Waals surface area (Å²) >= 11 is 5.93. The Morgan fingerprint density at radius 1 is 1.29 bits per heavy atom. The van der Waals surface area contributed by atoms with Crippen molar-refractivity contribution in [2.75, 3.05) is 19.0 Å². The number of methoxy groups -OCH3 is 1. The molecule has 1 heterocycles. The van der Waals surface area contributed by atoms with E-state index in [1.54, 1.807) is 13.2 Å². The summed E-state index contributed by atoms with van der Waals surface area (Å²) in [6.45, 7) is 2.92. The molecule has 0 radical (unpaired) electrons. The average molecular weight is 312 g/mol. The van der Waals surface area contributed by atoms with Gasteiger partial charge in [-0.2, -0.15) is 4.98 Å². The van der Waals surface area contributed by atoms with Gasteiger partial charge in [0.1, 0.15) is 24.0 Å². The van der Waals surface area contributed by atoms with Crippen LogP contribution in [0.1, 0.15) is 12.7 Å². The van der Waals surface area contributed by atoms with Gasteiger partial charge >= 0.3 is 0 Å². The Morgan fingerprint density at radius 2 is 2.10 bits per heavy atom. The van der Waals surface area contributed by atoms with E-state index in [1.807, 2.05) is 6.92 Å². The first kappa shape index (κ1) is 15.5. The normalized spacial score (nSPS) is 10.5. The van der Waals surface area contributed by atoms with E-state index in [2.05, 4.69) is 15.3 Å². The fourth-order valence-corrected chi connectivity index (χ4v) is 1.87. The zero-order valence-electron chi connectivity index (χ0n) is 11.7. The molecule has 0 aliphatic rings. The van der Waals surface area contributed by atoms with Gasteiger partial charge in [0, 0.05) is 19.7 Å². The SMILES string of the molecule is CCNc1cc(Oc2ccc(F)cc2Cl)nc(COC)n1. The van der Waals surface area contributed by atoms with E-state index in [0.29, 0.717) is 29.8 Å². The predicted molar refractivity (Wildman–Crippen MR) is 78.4 cm³/mol. The minimum Gasteiger partial charge on any atom is -0.437 e. The van der Waals surface area contributed by atoms with Crippen molar-refractivity contribution >= 4 is 17.4 Å². The van der Waals surface area contributed by atoms with E-state index in [9.17, 15) is 4.39 Å². The van der Waals surface area contributed by atoms with E-state index in [-0.39, 0.29) is 11.6 Å². The second-order valence-corrected chi connectivity index (χ2v) is 4.55. The lowest BCUT2D eigenvalue weighted by Gasteiger charge is -2.10. The summed E-state index contributed by atoms with van der Waals surface area (Å²) in [5, 5.41) is 3.25. The van der Waals surface area contributed by atoms with Crippen LogP contribution in [0.15, 0.2) is 24.3 Å². The number of rotatable bonds is 6. The second kappa shape index (κ2) is 7.19. The van der Waals surface area contributed by atoms with Crippen LogP contribution in [-0.2, 0) is 11.3 Å². The van der Waals surface area contributed by atoms with Crippen molar-refractivity contribution in [3.8, 4) is 11.6 Å². The summed E-state index contributed by atoms with van der Waals surface area (Å²) in [5.74, 6) is 1.30. The third-order valence-electron chi connectivity index (χ3n) is 2.49. The van der Waals surface area contributed by atoms with Crippen molar-refractivity contribution in [2.45, 2.75) is 13.5 Å². The summed E-state index contributed by atoms with van der Waals surface area (Å²) in [5.41, 5.74) is 0. The maximum Gasteiger partial charge on any atom is 0.224 e. The largest absolute Gasteiger partial charge is 0.437 e. The van der Waals surface area contributed by atoms with Crippen LogP contribution in [0.3, 0.4) is 0 Å². The summed E-state index contributed by atoms with van der Waals surface area (Å²) in [6.07, 6.45) is 0. The van der Waals surface area contributed by atoms with Crippen molar-refractivity contribution in [3.05, 3.63) is 40.9 Å². The molecule has 0 aliphatic carbocycles. The van der Waals surface area contributed by atoms with Crippen LogP contribution in [0.5, 0.6) is 11.6 Å². The van der Waals surface area contributed by atoms with E-state index in [1.165, 1.54) is 18.2 Å². The van der Waals surface area contributed by atoms with E-state index < -0.39 is 5.82 Å². The molecule has 0 saturated carbocycles. The Hall–Kier alpha value is -1.92. The highest BCUT2D eigenvalue weighted by molar-refractivity contribution is 6.32. The molecule has 0 unspecified atom stereocenters. The smallest absolute Gasteiger partial charge is 0.224 e. The minimum atomic E-state index is -0.427. The van der Waals surface area contributed by atoms with E-state index in [4.69, 9.17) is 21.1 Å². The standard InChI is InChI=1S/C14H15ClFN3O2/c1-3-17-12-7-14(19-13(18-12)8-20-2)21-11-5-4-9(16)6-10(11)15/h4-7H,3,8H2,1-2H3,(H,17,18,19). The van der Waals surface area contributed by atoms with Gasteiger partial charge in [-0.05, 0) is 25.1 Å². The van der Waals surface area contributed by atoms with Gasteiger partial charge in [-0.1, -0.05) is 11.6 Å². The Labute approximate surface area is 127 Å². The summed E-state index contributed by atoms with van der Waals surface area (Å²) < 4.78 is 23.6. The number of hydrogen-bond acceptors (Lipinski definition) is 5. The van der Waals surface area contributed by atoms with Crippen LogP contribution in [0.4, 0.5) is 10.2 Å². The molecule has 5 nitrogen and oxygen atoms in total. The van der Waals surface area contributed by atoms with Gasteiger partial charge in [0.2, 0.25) is 5.88 Å².